The molecule has 35 heavy (non-hydrogen) atoms. The van der Waals surface area contributed by atoms with Crippen molar-refractivity contribution in [3.8, 4) is 11.5 Å². The van der Waals surface area contributed by atoms with Gasteiger partial charge in [0.15, 0.2) is 11.5 Å². The Hall–Kier alpha value is -3.91. The van der Waals surface area contributed by atoms with Gasteiger partial charge < -0.3 is 23.5 Å². The predicted molar refractivity (Wildman–Crippen MR) is 131 cm³/mol. The molecular weight excluding hydrogens is 444 g/mol. The first-order valence-electron chi connectivity index (χ1n) is 11.7. The zero-order valence-electron chi connectivity index (χ0n) is 19.7. The standard InChI is InChI=1S/C27H28N4O4/c1-33-24-7-6-22(15-25(24)35-19-23-4-2-3-9-28-23)27(32)31-12-13-34-18-21(17-31)14-20-5-8-26-29-10-11-30(26)16-20/h2-11,15-16,21H,12-14,17-19H2,1H3/t21-/m0/s1. The van der Waals surface area contributed by atoms with Gasteiger partial charge in [-0.1, -0.05) is 12.1 Å². The molecule has 0 N–H and O–H groups in total. The Labute approximate surface area is 204 Å². The number of fused-ring (bicyclic) bond motifs is 1. The number of amides is 1. The molecule has 8 nitrogen and oxygen atoms in total. The number of methoxy groups -OCH3 is 1. The summed E-state index contributed by atoms with van der Waals surface area (Å²) >= 11 is 0. The largest absolute Gasteiger partial charge is 0.493 e. The zero-order valence-corrected chi connectivity index (χ0v) is 19.7. The zero-order chi connectivity index (χ0) is 24.0. The molecule has 180 valence electrons. The molecule has 0 saturated carbocycles. The topological polar surface area (TPSA) is 78.2 Å². The van der Waals surface area contributed by atoms with Crippen LogP contribution in [0.15, 0.2) is 73.3 Å². The number of hydrogen-bond acceptors (Lipinski definition) is 6. The first-order chi connectivity index (χ1) is 17.2. The summed E-state index contributed by atoms with van der Waals surface area (Å²) in [6, 6.07) is 15.1. The lowest BCUT2D eigenvalue weighted by Gasteiger charge is -2.24. The van der Waals surface area contributed by atoms with E-state index in [-0.39, 0.29) is 18.4 Å². The highest BCUT2D eigenvalue weighted by Gasteiger charge is 2.25. The fourth-order valence-corrected chi connectivity index (χ4v) is 4.35. The monoisotopic (exact) mass is 472 g/mol. The first-order valence-corrected chi connectivity index (χ1v) is 11.7. The second-order valence-electron chi connectivity index (χ2n) is 8.60. The Morgan fingerprint density at radius 2 is 2.06 bits per heavy atom. The number of carbonyl (C=O) groups excluding carboxylic acids is 1. The fraction of sp³-hybridized carbons (Fsp3) is 0.296. The van der Waals surface area contributed by atoms with E-state index in [1.807, 2.05) is 39.8 Å². The minimum Gasteiger partial charge on any atom is -0.493 e. The van der Waals surface area contributed by atoms with Gasteiger partial charge in [0, 0.05) is 49.4 Å². The minimum atomic E-state index is -0.0455. The third-order valence-corrected chi connectivity index (χ3v) is 6.11. The molecular formula is C27H28N4O4. The van der Waals surface area contributed by atoms with Crippen molar-refractivity contribution < 1.29 is 19.0 Å². The van der Waals surface area contributed by atoms with Crippen LogP contribution in [-0.2, 0) is 17.8 Å². The molecule has 0 spiro atoms. The molecule has 0 bridgehead atoms. The Kier molecular flexibility index (Phi) is 6.90. The number of benzene rings is 1. The average molecular weight is 473 g/mol. The van der Waals surface area contributed by atoms with E-state index in [2.05, 4.69) is 22.2 Å². The molecule has 1 saturated heterocycles. The van der Waals surface area contributed by atoms with Gasteiger partial charge in [-0.2, -0.15) is 0 Å². The van der Waals surface area contributed by atoms with Crippen LogP contribution in [-0.4, -0.2) is 58.6 Å². The van der Waals surface area contributed by atoms with Crippen LogP contribution in [0.4, 0.5) is 0 Å². The summed E-state index contributed by atoms with van der Waals surface area (Å²) in [5.41, 5.74) is 3.46. The fourth-order valence-electron chi connectivity index (χ4n) is 4.35. The quantitative estimate of drug-likeness (QED) is 0.409. The molecule has 0 aliphatic carbocycles. The predicted octanol–water partition coefficient (Wildman–Crippen LogP) is 3.65. The molecule has 1 aromatic carbocycles. The lowest BCUT2D eigenvalue weighted by atomic mass is 10.0. The number of aromatic nitrogens is 3. The summed E-state index contributed by atoms with van der Waals surface area (Å²) in [4.78, 5) is 23.9. The molecule has 8 heteroatoms. The van der Waals surface area contributed by atoms with E-state index in [0.717, 1.165) is 17.8 Å². The Morgan fingerprint density at radius 3 is 2.91 bits per heavy atom. The van der Waals surface area contributed by atoms with Crippen molar-refractivity contribution in [3.05, 3.63) is 90.1 Å². The Morgan fingerprint density at radius 1 is 1.11 bits per heavy atom. The molecule has 1 fully saturated rings. The number of hydrogen-bond donors (Lipinski definition) is 0. The Bertz CT molecular complexity index is 1290. The van der Waals surface area contributed by atoms with Crippen molar-refractivity contribution in [1.82, 2.24) is 19.3 Å². The molecule has 5 rings (SSSR count). The molecule has 4 heterocycles. The normalized spacial score (nSPS) is 16.1. The van der Waals surface area contributed by atoms with Crippen LogP contribution in [0, 0.1) is 5.92 Å². The van der Waals surface area contributed by atoms with Gasteiger partial charge >= 0.3 is 0 Å². The summed E-state index contributed by atoms with van der Waals surface area (Å²) in [7, 11) is 1.59. The van der Waals surface area contributed by atoms with Crippen LogP contribution < -0.4 is 9.47 Å². The lowest BCUT2D eigenvalue weighted by molar-refractivity contribution is 0.0736. The van der Waals surface area contributed by atoms with E-state index >= 15 is 0 Å². The van der Waals surface area contributed by atoms with E-state index < -0.39 is 0 Å². The smallest absolute Gasteiger partial charge is 0.254 e. The molecule has 1 aliphatic rings. The summed E-state index contributed by atoms with van der Waals surface area (Å²) in [6.45, 7) is 2.59. The van der Waals surface area contributed by atoms with Crippen LogP contribution in [0.5, 0.6) is 11.5 Å². The maximum atomic E-state index is 13.5. The molecule has 0 unspecified atom stereocenters. The van der Waals surface area contributed by atoms with Crippen LogP contribution in [0.3, 0.4) is 0 Å². The third-order valence-electron chi connectivity index (χ3n) is 6.11. The number of rotatable bonds is 7. The van der Waals surface area contributed by atoms with E-state index in [4.69, 9.17) is 14.2 Å². The molecule has 4 aromatic rings. The van der Waals surface area contributed by atoms with Gasteiger partial charge in [-0.05, 0) is 48.4 Å². The summed E-state index contributed by atoms with van der Waals surface area (Å²) < 4.78 is 19.3. The van der Waals surface area contributed by atoms with Crippen LogP contribution in [0.2, 0.25) is 0 Å². The van der Waals surface area contributed by atoms with Gasteiger partial charge in [-0.25, -0.2) is 4.98 Å². The maximum Gasteiger partial charge on any atom is 0.254 e. The Balaban J connectivity index is 1.29. The highest BCUT2D eigenvalue weighted by Crippen LogP contribution is 2.29. The van der Waals surface area contributed by atoms with Gasteiger partial charge in [-0.3, -0.25) is 9.78 Å². The second-order valence-corrected chi connectivity index (χ2v) is 8.60. The van der Waals surface area contributed by atoms with Crippen LogP contribution >= 0.6 is 0 Å². The van der Waals surface area contributed by atoms with E-state index in [0.29, 0.717) is 43.4 Å². The van der Waals surface area contributed by atoms with Crippen molar-refractivity contribution in [2.75, 3.05) is 33.4 Å². The maximum absolute atomic E-state index is 13.5. The van der Waals surface area contributed by atoms with Crippen molar-refractivity contribution in [1.29, 1.82) is 0 Å². The van der Waals surface area contributed by atoms with Gasteiger partial charge in [-0.15, -0.1) is 0 Å². The number of pyridine rings is 2. The van der Waals surface area contributed by atoms with Crippen LogP contribution in [0.1, 0.15) is 21.6 Å². The second kappa shape index (κ2) is 10.6. The van der Waals surface area contributed by atoms with Crippen LogP contribution in [0.25, 0.3) is 5.65 Å². The van der Waals surface area contributed by atoms with Crippen molar-refractivity contribution in [2.24, 2.45) is 5.92 Å². The summed E-state index contributed by atoms with van der Waals surface area (Å²) in [6.07, 6.45) is 8.36. The van der Waals surface area contributed by atoms with Gasteiger partial charge in [0.2, 0.25) is 0 Å². The highest BCUT2D eigenvalue weighted by atomic mass is 16.5. The first kappa shape index (κ1) is 22.9. The summed E-state index contributed by atoms with van der Waals surface area (Å²) in [5.74, 6) is 1.24. The van der Waals surface area contributed by atoms with E-state index in [9.17, 15) is 4.79 Å². The number of carbonyl (C=O) groups is 1. The van der Waals surface area contributed by atoms with Crippen molar-refractivity contribution in [2.45, 2.75) is 13.0 Å². The molecule has 0 radical (unpaired) electrons. The van der Waals surface area contributed by atoms with Crippen molar-refractivity contribution >= 4 is 11.6 Å². The van der Waals surface area contributed by atoms with E-state index in [1.54, 1.807) is 37.7 Å². The van der Waals surface area contributed by atoms with Gasteiger partial charge in [0.25, 0.3) is 5.91 Å². The lowest BCUT2D eigenvalue weighted by Crippen LogP contribution is -2.36. The molecule has 1 atom stereocenters. The molecule has 1 aliphatic heterocycles. The average Bonchev–Trinajstić information content (AvgIpc) is 3.24. The molecule has 1 amide bonds. The third kappa shape index (κ3) is 5.44. The highest BCUT2D eigenvalue weighted by molar-refractivity contribution is 5.95. The van der Waals surface area contributed by atoms with Gasteiger partial charge in [0.05, 0.1) is 26.0 Å². The molecule has 3 aromatic heterocycles. The summed E-state index contributed by atoms with van der Waals surface area (Å²) in [5, 5.41) is 0. The SMILES string of the molecule is COc1ccc(C(=O)N2CCOC[C@@H](Cc3ccc4nccn4c3)C2)cc1OCc1ccccn1. The number of ether oxygens (including phenoxy) is 3. The van der Waals surface area contributed by atoms with Gasteiger partial charge in [0.1, 0.15) is 12.3 Å². The van der Waals surface area contributed by atoms with E-state index in [1.165, 1.54) is 5.56 Å². The minimum absolute atomic E-state index is 0.0455. The van der Waals surface area contributed by atoms with Crippen molar-refractivity contribution in [3.63, 3.8) is 0 Å². The number of imidazole rings is 1. The number of nitrogens with zero attached hydrogens (tertiary/aromatic N) is 4.